The van der Waals surface area contributed by atoms with Gasteiger partial charge in [0, 0.05) is 10.6 Å². The van der Waals surface area contributed by atoms with Gasteiger partial charge in [0.1, 0.15) is 0 Å². The summed E-state index contributed by atoms with van der Waals surface area (Å²) in [4.78, 5) is 0.652. The number of hydrogen-bond acceptors (Lipinski definition) is 2. The lowest BCUT2D eigenvalue weighted by molar-refractivity contribution is 1.47. The van der Waals surface area contributed by atoms with Crippen molar-refractivity contribution in [3.05, 3.63) is 23.2 Å². The second-order valence-electron chi connectivity index (χ2n) is 1.68. The van der Waals surface area contributed by atoms with Crippen molar-refractivity contribution in [1.82, 2.24) is 0 Å². The maximum absolute atomic E-state index is 5.66. The standard InChI is InChI=1S/C6H6ClNS.ClH/c7-4-2-1-3-5(8)6(4)9;/h1-3,9H,8H2;1H. The molecule has 0 aliphatic rings. The van der Waals surface area contributed by atoms with Crippen molar-refractivity contribution in [2.75, 3.05) is 5.73 Å². The smallest absolute Gasteiger partial charge is 0.0560 e. The van der Waals surface area contributed by atoms with Gasteiger partial charge in [-0.3, -0.25) is 0 Å². The zero-order chi connectivity index (χ0) is 6.85. The van der Waals surface area contributed by atoms with Gasteiger partial charge in [-0.15, -0.1) is 25.0 Å². The number of halogens is 2. The highest BCUT2D eigenvalue weighted by atomic mass is 35.5. The molecule has 0 aromatic heterocycles. The zero-order valence-corrected chi connectivity index (χ0v) is 7.51. The number of nitrogens with two attached hydrogens (primary N) is 1. The molecule has 0 saturated heterocycles. The molecule has 0 amide bonds. The summed E-state index contributed by atoms with van der Waals surface area (Å²) in [6.07, 6.45) is 0. The maximum atomic E-state index is 5.66. The van der Waals surface area contributed by atoms with Gasteiger partial charge in [-0.05, 0) is 12.1 Å². The minimum Gasteiger partial charge on any atom is -0.398 e. The Kier molecular flexibility index (Phi) is 3.94. The summed E-state index contributed by atoms with van der Waals surface area (Å²) in [6.45, 7) is 0. The first kappa shape index (κ1) is 9.95. The number of nitrogen functional groups attached to an aromatic ring is 1. The SMILES string of the molecule is Cl.Nc1cccc(Cl)c1S. The molecule has 0 atom stereocenters. The molecule has 0 bridgehead atoms. The lowest BCUT2D eigenvalue weighted by atomic mass is 10.3. The predicted octanol–water partition coefficient (Wildman–Crippen LogP) is 2.63. The van der Waals surface area contributed by atoms with E-state index in [1.807, 2.05) is 0 Å². The van der Waals surface area contributed by atoms with Crippen molar-refractivity contribution in [3.63, 3.8) is 0 Å². The lowest BCUT2D eigenvalue weighted by Crippen LogP contribution is -1.85. The van der Waals surface area contributed by atoms with Crippen LogP contribution in [0, 0.1) is 0 Å². The van der Waals surface area contributed by atoms with Gasteiger partial charge in [0.05, 0.1) is 5.02 Å². The molecule has 56 valence electrons. The van der Waals surface area contributed by atoms with Crippen LogP contribution in [0.1, 0.15) is 0 Å². The first-order chi connectivity index (χ1) is 4.22. The number of thiol groups is 1. The molecule has 0 aliphatic heterocycles. The highest BCUT2D eigenvalue weighted by Crippen LogP contribution is 2.24. The third-order valence-electron chi connectivity index (χ3n) is 1.02. The van der Waals surface area contributed by atoms with Crippen LogP contribution in [0.2, 0.25) is 5.02 Å². The minimum atomic E-state index is 0. The first-order valence-electron chi connectivity index (χ1n) is 2.45. The first-order valence-corrected chi connectivity index (χ1v) is 3.27. The molecule has 2 N–H and O–H groups in total. The Morgan fingerprint density at radius 2 is 2.00 bits per heavy atom. The highest BCUT2D eigenvalue weighted by molar-refractivity contribution is 7.80. The quantitative estimate of drug-likeness (QED) is 0.484. The average Bonchev–Trinajstić information content (AvgIpc) is 1.83. The molecule has 0 radical (unpaired) electrons. The van der Waals surface area contributed by atoms with E-state index >= 15 is 0 Å². The van der Waals surface area contributed by atoms with Crippen LogP contribution in [0.4, 0.5) is 5.69 Å². The fourth-order valence-electron chi connectivity index (χ4n) is 0.532. The monoisotopic (exact) mass is 195 g/mol. The van der Waals surface area contributed by atoms with Gasteiger partial charge in [0.2, 0.25) is 0 Å². The van der Waals surface area contributed by atoms with Gasteiger partial charge in [0.15, 0.2) is 0 Å². The maximum Gasteiger partial charge on any atom is 0.0560 e. The van der Waals surface area contributed by atoms with E-state index in [0.717, 1.165) is 0 Å². The molecular weight excluding hydrogens is 189 g/mol. The van der Waals surface area contributed by atoms with E-state index in [0.29, 0.717) is 15.6 Å². The molecule has 1 aromatic rings. The topological polar surface area (TPSA) is 26.0 Å². The number of hydrogen-bond donors (Lipinski definition) is 2. The molecule has 10 heavy (non-hydrogen) atoms. The third-order valence-corrected chi connectivity index (χ3v) is 1.96. The van der Waals surface area contributed by atoms with Gasteiger partial charge in [-0.2, -0.15) is 0 Å². The Labute approximate surface area is 76.4 Å². The highest BCUT2D eigenvalue weighted by Gasteiger charge is 1.95. The van der Waals surface area contributed by atoms with Crippen LogP contribution >= 0.6 is 36.6 Å². The Hall–Kier alpha value is -0.0500. The molecule has 0 heterocycles. The summed E-state index contributed by atoms with van der Waals surface area (Å²) in [7, 11) is 0. The van der Waals surface area contributed by atoms with Crippen molar-refractivity contribution >= 4 is 42.3 Å². The Balaban J connectivity index is 0.000000810. The summed E-state index contributed by atoms with van der Waals surface area (Å²) < 4.78 is 0. The van der Waals surface area contributed by atoms with Crippen molar-refractivity contribution in [3.8, 4) is 0 Å². The molecule has 0 spiro atoms. The van der Waals surface area contributed by atoms with Crippen LogP contribution in [0.15, 0.2) is 23.1 Å². The Morgan fingerprint density at radius 1 is 1.40 bits per heavy atom. The minimum absolute atomic E-state index is 0. The predicted molar refractivity (Wildman–Crippen MR) is 50.4 cm³/mol. The Bertz CT molecular complexity index is 207. The second kappa shape index (κ2) is 3.96. The normalized spacial score (nSPS) is 8.60. The van der Waals surface area contributed by atoms with Crippen LogP contribution in [0.25, 0.3) is 0 Å². The molecule has 1 aromatic carbocycles. The van der Waals surface area contributed by atoms with Gasteiger partial charge < -0.3 is 5.73 Å². The summed E-state index contributed by atoms with van der Waals surface area (Å²) in [6, 6.07) is 5.30. The molecule has 1 nitrogen and oxygen atoms in total. The molecule has 0 unspecified atom stereocenters. The second-order valence-corrected chi connectivity index (χ2v) is 2.53. The van der Waals surface area contributed by atoms with E-state index in [2.05, 4.69) is 12.6 Å². The molecular formula is C6H7Cl2NS. The summed E-state index contributed by atoms with van der Waals surface area (Å²) in [5.41, 5.74) is 6.08. The summed E-state index contributed by atoms with van der Waals surface area (Å²) in [5, 5.41) is 0.596. The number of rotatable bonds is 0. The van der Waals surface area contributed by atoms with Crippen LogP contribution < -0.4 is 5.73 Å². The van der Waals surface area contributed by atoms with Crippen LogP contribution in [0.5, 0.6) is 0 Å². The molecule has 0 fully saturated rings. The molecule has 1 rings (SSSR count). The summed E-state index contributed by atoms with van der Waals surface area (Å²) >= 11 is 9.71. The van der Waals surface area contributed by atoms with Crippen LogP contribution in [-0.4, -0.2) is 0 Å². The Morgan fingerprint density at radius 3 is 2.40 bits per heavy atom. The summed E-state index contributed by atoms with van der Waals surface area (Å²) in [5.74, 6) is 0. The lowest BCUT2D eigenvalue weighted by Gasteiger charge is -1.97. The van der Waals surface area contributed by atoms with E-state index in [-0.39, 0.29) is 12.4 Å². The van der Waals surface area contributed by atoms with E-state index < -0.39 is 0 Å². The van der Waals surface area contributed by atoms with E-state index in [1.165, 1.54) is 0 Å². The molecule has 0 aliphatic carbocycles. The van der Waals surface area contributed by atoms with Crippen LogP contribution in [0.3, 0.4) is 0 Å². The van der Waals surface area contributed by atoms with Gasteiger partial charge in [-0.25, -0.2) is 0 Å². The van der Waals surface area contributed by atoms with Gasteiger partial charge >= 0.3 is 0 Å². The number of benzene rings is 1. The third kappa shape index (κ3) is 1.97. The van der Waals surface area contributed by atoms with Gasteiger partial charge in [0.25, 0.3) is 0 Å². The van der Waals surface area contributed by atoms with E-state index in [1.54, 1.807) is 18.2 Å². The average molecular weight is 196 g/mol. The van der Waals surface area contributed by atoms with E-state index in [9.17, 15) is 0 Å². The zero-order valence-electron chi connectivity index (χ0n) is 5.04. The van der Waals surface area contributed by atoms with E-state index in [4.69, 9.17) is 17.3 Å². The van der Waals surface area contributed by atoms with Crippen molar-refractivity contribution in [2.45, 2.75) is 4.90 Å². The molecule has 0 saturated carbocycles. The van der Waals surface area contributed by atoms with Crippen molar-refractivity contribution in [1.29, 1.82) is 0 Å². The van der Waals surface area contributed by atoms with Crippen molar-refractivity contribution < 1.29 is 0 Å². The van der Waals surface area contributed by atoms with Crippen LogP contribution in [-0.2, 0) is 0 Å². The number of anilines is 1. The van der Waals surface area contributed by atoms with Crippen molar-refractivity contribution in [2.24, 2.45) is 0 Å². The molecule has 4 heteroatoms. The fraction of sp³-hybridized carbons (Fsp3) is 0. The van der Waals surface area contributed by atoms with Gasteiger partial charge in [-0.1, -0.05) is 17.7 Å². The fourth-order valence-corrected chi connectivity index (χ4v) is 0.863. The largest absolute Gasteiger partial charge is 0.398 e.